The lowest BCUT2D eigenvalue weighted by Crippen LogP contribution is -2.46. The molecule has 4 nitrogen and oxygen atoms in total. The van der Waals surface area contributed by atoms with Crippen LogP contribution in [0.1, 0.15) is 58.2 Å². The van der Waals surface area contributed by atoms with Crippen LogP contribution >= 0.6 is 0 Å². The summed E-state index contributed by atoms with van der Waals surface area (Å²) in [6.45, 7) is 9.31. The van der Waals surface area contributed by atoms with Crippen LogP contribution in [0.2, 0.25) is 0 Å². The maximum Gasteiger partial charge on any atom is 0.0762 e. The standard InChI is InChI=1S/C15H27N3O/c1-4-14(5-2)18-9-6-13(17-18)12-16-15(3)7-10-19-11-8-15/h6,9,14,16H,4-5,7-8,10-12H2,1-3H3. The number of hydrogen-bond acceptors (Lipinski definition) is 3. The zero-order chi connectivity index (χ0) is 13.7. The van der Waals surface area contributed by atoms with Crippen LogP contribution in [0.25, 0.3) is 0 Å². The molecule has 0 bridgehead atoms. The molecule has 0 aromatic carbocycles. The minimum Gasteiger partial charge on any atom is -0.381 e. The van der Waals surface area contributed by atoms with E-state index in [0.29, 0.717) is 6.04 Å². The molecule has 0 saturated carbocycles. The number of nitrogens with one attached hydrogen (secondary N) is 1. The van der Waals surface area contributed by atoms with E-state index in [-0.39, 0.29) is 5.54 Å². The Bertz CT molecular complexity index is 378. The summed E-state index contributed by atoms with van der Waals surface area (Å²) in [7, 11) is 0. The molecule has 108 valence electrons. The highest BCUT2D eigenvalue weighted by molar-refractivity contribution is 5.01. The van der Waals surface area contributed by atoms with Crippen molar-refractivity contribution < 1.29 is 4.74 Å². The number of hydrogen-bond donors (Lipinski definition) is 1. The fourth-order valence-electron chi connectivity index (χ4n) is 2.64. The molecule has 2 heterocycles. The van der Waals surface area contributed by atoms with Crippen molar-refractivity contribution in [1.29, 1.82) is 0 Å². The Labute approximate surface area is 116 Å². The van der Waals surface area contributed by atoms with Gasteiger partial charge in [-0.2, -0.15) is 5.10 Å². The van der Waals surface area contributed by atoms with Crippen molar-refractivity contribution in [3.05, 3.63) is 18.0 Å². The summed E-state index contributed by atoms with van der Waals surface area (Å²) >= 11 is 0. The molecule has 0 atom stereocenters. The Morgan fingerprint density at radius 1 is 1.37 bits per heavy atom. The van der Waals surface area contributed by atoms with Crippen molar-refractivity contribution in [2.75, 3.05) is 13.2 Å². The Morgan fingerprint density at radius 3 is 2.68 bits per heavy atom. The van der Waals surface area contributed by atoms with E-state index in [1.165, 1.54) is 0 Å². The molecular weight excluding hydrogens is 238 g/mol. The van der Waals surface area contributed by atoms with Gasteiger partial charge in [0.25, 0.3) is 0 Å². The van der Waals surface area contributed by atoms with E-state index < -0.39 is 0 Å². The summed E-state index contributed by atoms with van der Waals surface area (Å²) in [5.74, 6) is 0. The zero-order valence-corrected chi connectivity index (χ0v) is 12.5. The minimum absolute atomic E-state index is 0.205. The van der Waals surface area contributed by atoms with Crippen LogP contribution in [0, 0.1) is 0 Å². The van der Waals surface area contributed by atoms with Gasteiger partial charge in [0.2, 0.25) is 0 Å². The Morgan fingerprint density at radius 2 is 2.05 bits per heavy atom. The van der Waals surface area contributed by atoms with E-state index >= 15 is 0 Å². The second kappa shape index (κ2) is 6.53. The summed E-state index contributed by atoms with van der Waals surface area (Å²) < 4.78 is 7.54. The average molecular weight is 265 g/mol. The molecule has 1 aromatic heterocycles. The van der Waals surface area contributed by atoms with Gasteiger partial charge in [-0.15, -0.1) is 0 Å². The predicted molar refractivity (Wildman–Crippen MR) is 77.1 cm³/mol. The first-order chi connectivity index (χ1) is 9.17. The molecule has 0 spiro atoms. The molecule has 0 radical (unpaired) electrons. The average Bonchev–Trinajstić information content (AvgIpc) is 2.88. The normalized spacial score (nSPS) is 18.9. The molecule has 4 heteroatoms. The quantitative estimate of drug-likeness (QED) is 0.859. The summed E-state index contributed by atoms with van der Waals surface area (Å²) in [6.07, 6.45) is 6.56. The van der Waals surface area contributed by atoms with Crippen molar-refractivity contribution in [1.82, 2.24) is 15.1 Å². The molecular formula is C15H27N3O. The van der Waals surface area contributed by atoms with Gasteiger partial charge in [-0.25, -0.2) is 0 Å². The molecule has 1 saturated heterocycles. The highest BCUT2D eigenvalue weighted by Gasteiger charge is 2.26. The van der Waals surface area contributed by atoms with Crippen LogP contribution in [0.4, 0.5) is 0 Å². The molecule has 0 amide bonds. The van der Waals surface area contributed by atoms with Crippen LogP contribution in [0.5, 0.6) is 0 Å². The number of aromatic nitrogens is 2. The maximum absolute atomic E-state index is 5.42. The SMILES string of the molecule is CCC(CC)n1ccc(CNC2(C)CCOCC2)n1. The lowest BCUT2D eigenvalue weighted by atomic mass is 9.92. The minimum atomic E-state index is 0.205. The highest BCUT2D eigenvalue weighted by Crippen LogP contribution is 2.20. The maximum atomic E-state index is 5.42. The third-order valence-corrected chi connectivity index (χ3v) is 4.27. The number of rotatable bonds is 6. The summed E-state index contributed by atoms with van der Waals surface area (Å²) in [4.78, 5) is 0. The van der Waals surface area contributed by atoms with Gasteiger partial charge in [0, 0.05) is 31.5 Å². The van der Waals surface area contributed by atoms with Gasteiger partial charge >= 0.3 is 0 Å². The monoisotopic (exact) mass is 265 g/mol. The van der Waals surface area contributed by atoms with Crippen molar-refractivity contribution in [3.63, 3.8) is 0 Å². The van der Waals surface area contributed by atoms with E-state index in [9.17, 15) is 0 Å². The van der Waals surface area contributed by atoms with Gasteiger partial charge in [0.05, 0.1) is 11.7 Å². The zero-order valence-electron chi connectivity index (χ0n) is 12.5. The van der Waals surface area contributed by atoms with Gasteiger partial charge < -0.3 is 10.1 Å². The van der Waals surface area contributed by atoms with Crippen LogP contribution in [0.15, 0.2) is 12.3 Å². The largest absolute Gasteiger partial charge is 0.381 e. The Balaban J connectivity index is 1.89. The van der Waals surface area contributed by atoms with Gasteiger partial charge in [0.1, 0.15) is 0 Å². The van der Waals surface area contributed by atoms with E-state index in [1.807, 2.05) is 0 Å². The predicted octanol–water partition coefficient (Wildman–Crippen LogP) is 2.90. The lowest BCUT2D eigenvalue weighted by Gasteiger charge is -2.34. The van der Waals surface area contributed by atoms with Crippen LogP contribution < -0.4 is 5.32 Å². The molecule has 1 fully saturated rings. The summed E-state index contributed by atoms with van der Waals surface area (Å²) in [5, 5.41) is 8.34. The van der Waals surface area contributed by atoms with E-state index in [1.54, 1.807) is 0 Å². The Hall–Kier alpha value is -0.870. The number of nitrogens with zero attached hydrogens (tertiary/aromatic N) is 2. The van der Waals surface area contributed by atoms with Crippen molar-refractivity contribution in [2.24, 2.45) is 0 Å². The third-order valence-electron chi connectivity index (χ3n) is 4.27. The van der Waals surface area contributed by atoms with E-state index in [0.717, 1.165) is 51.1 Å². The number of ether oxygens (including phenoxy) is 1. The van der Waals surface area contributed by atoms with Gasteiger partial charge in [-0.05, 0) is 38.7 Å². The fourth-order valence-corrected chi connectivity index (χ4v) is 2.64. The molecule has 1 aromatic rings. The smallest absolute Gasteiger partial charge is 0.0762 e. The van der Waals surface area contributed by atoms with E-state index in [2.05, 4.69) is 43.0 Å². The topological polar surface area (TPSA) is 39.1 Å². The first-order valence-electron chi connectivity index (χ1n) is 7.53. The molecule has 19 heavy (non-hydrogen) atoms. The van der Waals surface area contributed by atoms with Crippen molar-refractivity contribution in [2.45, 2.75) is 64.6 Å². The molecule has 1 aliphatic rings. The molecule has 2 rings (SSSR count). The van der Waals surface area contributed by atoms with Crippen molar-refractivity contribution >= 4 is 0 Å². The lowest BCUT2D eigenvalue weighted by molar-refractivity contribution is 0.0444. The highest BCUT2D eigenvalue weighted by atomic mass is 16.5. The van der Waals surface area contributed by atoms with Gasteiger partial charge in [-0.1, -0.05) is 13.8 Å². The van der Waals surface area contributed by atoms with Crippen LogP contribution in [-0.4, -0.2) is 28.5 Å². The first-order valence-corrected chi connectivity index (χ1v) is 7.53. The molecule has 0 aliphatic carbocycles. The first kappa shape index (κ1) is 14.5. The van der Waals surface area contributed by atoms with Gasteiger partial charge in [-0.3, -0.25) is 4.68 Å². The van der Waals surface area contributed by atoms with Gasteiger partial charge in [0.15, 0.2) is 0 Å². The second-order valence-corrected chi connectivity index (χ2v) is 5.78. The Kier molecular flexibility index (Phi) is 4.99. The fraction of sp³-hybridized carbons (Fsp3) is 0.800. The molecule has 0 unspecified atom stereocenters. The van der Waals surface area contributed by atoms with E-state index in [4.69, 9.17) is 9.84 Å². The molecule has 1 N–H and O–H groups in total. The van der Waals surface area contributed by atoms with Crippen molar-refractivity contribution in [3.8, 4) is 0 Å². The van der Waals surface area contributed by atoms with Crippen LogP contribution in [-0.2, 0) is 11.3 Å². The van der Waals surface area contributed by atoms with Crippen LogP contribution in [0.3, 0.4) is 0 Å². The third kappa shape index (κ3) is 3.80. The second-order valence-electron chi connectivity index (χ2n) is 5.78. The summed E-state index contributed by atoms with van der Waals surface area (Å²) in [5.41, 5.74) is 1.34. The molecule has 1 aliphatic heterocycles. The summed E-state index contributed by atoms with van der Waals surface area (Å²) in [6, 6.07) is 2.67.